The van der Waals surface area contributed by atoms with Crippen LogP contribution in [0.15, 0.2) is 72.8 Å². The number of carbonyl (C=O) groups excluding carboxylic acids is 2. The highest BCUT2D eigenvalue weighted by molar-refractivity contribution is 6.24. The zero-order valence-corrected chi connectivity index (χ0v) is 17.8. The third-order valence-corrected chi connectivity index (χ3v) is 4.82. The highest BCUT2D eigenvalue weighted by Gasteiger charge is 2.13. The van der Waals surface area contributed by atoms with Crippen molar-refractivity contribution in [2.45, 2.75) is 6.54 Å². The molecule has 0 fully saturated rings. The molecule has 164 valence electrons. The Bertz CT molecular complexity index is 1110. The average Bonchev–Trinajstić information content (AvgIpc) is 2.86. The van der Waals surface area contributed by atoms with Gasteiger partial charge in [-0.1, -0.05) is 48.5 Å². The molecule has 0 heterocycles. The maximum Gasteiger partial charge on any atom is 0.274 e. The third kappa shape index (κ3) is 5.53. The number of hydrogen-bond donors (Lipinski definition) is 3. The Hall–Kier alpha value is -4.10. The van der Waals surface area contributed by atoms with E-state index in [-0.39, 0.29) is 12.5 Å². The zero-order valence-electron chi connectivity index (χ0n) is 17.8. The molecule has 0 radical (unpaired) electrons. The molecular formula is C25H24N2O5. The summed E-state index contributed by atoms with van der Waals surface area (Å²) < 4.78 is 10.6. The Kier molecular flexibility index (Phi) is 7.61. The van der Waals surface area contributed by atoms with Crippen molar-refractivity contribution < 1.29 is 24.3 Å². The van der Waals surface area contributed by atoms with Gasteiger partial charge in [-0.3, -0.25) is 14.8 Å². The summed E-state index contributed by atoms with van der Waals surface area (Å²) in [6.07, 6.45) is 1.79. The lowest BCUT2D eigenvalue weighted by Gasteiger charge is -2.12. The SMILES string of the molecule is COc1ccc(C=C(C(=O)NCc2ccc(C(=O)NO)cc2)c2ccccc2)cc1OC. The minimum absolute atomic E-state index is 0.247. The lowest BCUT2D eigenvalue weighted by Crippen LogP contribution is -2.24. The minimum atomic E-state index is -0.593. The number of hydroxylamine groups is 1. The fourth-order valence-corrected chi connectivity index (χ4v) is 3.12. The molecule has 0 spiro atoms. The van der Waals surface area contributed by atoms with Crippen LogP contribution < -0.4 is 20.3 Å². The van der Waals surface area contributed by atoms with Gasteiger partial charge in [0.15, 0.2) is 11.5 Å². The van der Waals surface area contributed by atoms with E-state index in [1.54, 1.807) is 62.2 Å². The first kappa shape index (κ1) is 22.6. The van der Waals surface area contributed by atoms with E-state index in [0.29, 0.717) is 22.6 Å². The molecule has 0 aliphatic rings. The van der Waals surface area contributed by atoms with Crippen molar-refractivity contribution in [1.29, 1.82) is 0 Å². The van der Waals surface area contributed by atoms with E-state index < -0.39 is 5.91 Å². The zero-order chi connectivity index (χ0) is 22.9. The standard InChI is InChI=1S/C25H24N2O5/c1-31-22-13-10-18(15-23(22)32-2)14-21(19-6-4-3-5-7-19)25(29)26-16-17-8-11-20(12-9-17)24(28)27-30/h3-15,30H,16H2,1-2H3,(H,26,29)(H,27,28). The molecule has 3 N–H and O–H groups in total. The van der Waals surface area contributed by atoms with Crippen LogP contribution in [0.5, 0.6) is 11.5 Å². The van der Waals surface area contributed by atoms with Crippen molar-refractivity contribution in [1.82, 2.24) is 10.8 Å². The van der Waals surface area contributed by atoms with E-state index in [1.165, 1.54) is 0 Å². The van der Waals surface area contributed by atoms with Crippen molar-refractivity contribution in [3.8, 4) is 11.5 Å². The Morgan fingerprint density at radius 2 is 1.56 bits per heavy atom. The summed E-state index contributed by atoms with van der Waals surface area (Å²) >= 11 is 0. The van der Waals surface area contributed by atoms with Crippen molar-refractivity contribution in [2.75, 3.05) is 14.2 Å². The molecule has 7 nitrogen and oxygen atoms in total. The van der Waals surface area contributed by atoms with Crippen LogP contribution in [0.25, 0.3) is 11.6 Å². The van der Waals surface area contributed by atoms with Crippen molar-refractivity contribution in [3.63, 3.8) is 0 Å². The first-order chi connectivity index (χ1) is 15.5. The maximum atomic E-state index is 13.1. The lowest BCUT2D eigenvalue weighted by atomic mass is 10.0. The highest BCUT2D eigenvalue weighted by atomic mass is 16.5. The largest absolute Gasteiger partial charge is 0.493 e. The van der Waals surface area contributed by atoms with Gasteiger partial charge in [-0.2, -0.15) is 0 Å². The molecule has 32 heavy (non-hydrogen) atoms. The number of nitrogens with one attached hydrogen (secondary N) is 2. The fraction of sp³-hybridized carbons (Fsp3) is 0.120. The predicted molar refractivity (Wildman–Crippen MR) is 121 cm³/mol. The number of benzene rings is 3. The maximum absolute atomic E-state index is 13.1. The molecule has 7 heteroatoms. The smallest absolute Gasteiger partial charge is 0.274 e. The monoisotopic (exact) mass is 432 g/mol. The van der Waals surface area contributed by atoms with E-state index in [9.17, 15) is 9.59 Å². The Morgan fingerprint density at radius 1 is 0.875 bits per heavy atom. The van der Waals surface area contributed by atoms with E-state index in [4.69, 9.17) is 14.7 Å². The van der Waals surface area contributed by atoms with Gasteiger partial charge in [0.05, 0.1) is 14.2 Å². The van der Waals surface area contributed by atoms with E-state index >= 15 is 0 Å². The Labute approximate surface area is 186 Å². The van der Waals surface area contributed by atoms with Crippen molar-refractivity contribution >= 4 is 23.5 Å². The molecule has 3 rings (SSSR count). The summed E-state index contributed by atoms with van der Waals surface area (Å²) in [6, 6.07) is 21.4. The van der Waals surface area contributed by atoms with Crippen LogP contribution in [-0.2, 0) is 11.3 Å². The first-order valence-electron chi connectivity index (χ1n) is 9.86. The van der Waals surface area contributed by atoms with Crippen LogP contribution in [0.4, 0.5) is 0 Å². The van der Waals surface area contributed by atoms with E-state index in [2.05, 4.69) is 5.32 Å². The quantitative estimate of drug-likeness (QED) is 0.218. The molecule has 3 aromatic carbocycles. The molecule has 0 aliphatic carbocycles. The van der Waals surface area contributed by atoms with Gasteiger partial charge in [-0.15, -0.1) is 0 Å². The van der Waals surface area contributed by atoms with E-state index in [0.717, 1.165) is 16.7 Å². The van der Waals surface area contributed by atoms with Crippen LogP contribution in [0.3, 0.4) is 0 Å². The first-order valence-corrected chi connectivity index (χ1v) is 9.86. The van der Waals surface area contributed by atoms with Gasteiger partial charge >= 0.3 is 0 Å². The van der Waals surface area contributed by atoms with Crippen LogP contribution in [0, 0.1) is 0 Å². The minimum Gasteiger partial charge on any atom is -0.493 e. The lowest BCUT2D eigenvalue weighted by molar-refractivity contribution is -0.115. The molecular weight excluding hydrogens is 408 g/mol. The van der Waals surface area contributed by atoms with E-state index in [1.807, 2.05) is 36.4 Å². The molecule has 0 aromatic heterocycles. The second-order valence-electron chi connectivity index (χ2n) is 6.86. The Balaban J connectivity index is 1.84. The molecule has 2 amide bonds. The molecule has 0 saturated carbocycles. The topological polar surface area (TPSA) is 96.9 Å². The third-order valence-electron chi connectivity index (χ3n) is 4.82. The normalized spacial score (nSPS) is 10.9. The second kappa shape index (κ2) is 10.8. The van der Waals surface area contributed by atoms with Crippen molar-refractivity contribution in [3.05, 3.63) is 95.1 Å². The molecule has 0 saturated heterocycles. The number of rotatable bonds is 8. The molecule has 0 bridgehead atoms. The summed E-state index contributed by atoms with van der Waals surface area (Å²) in [6.45, 7) is 0.274. The summed E-state index contributed by atoms with van der Waals surface area (Å²) in [5, 5.41) is 11.6. The summed E-state index contributed by atoms with van der Waals surface area (Å²) in [4.78, 5) is 24.5. The summed E-state index contributed by atoms with van der Waals surface area (Å²) in [5.74, 6) is 0.336. The van der Waals surface area contributed by atoms with Gasteiger partial charge < -0.3 is 14.8 Å². The van der Waals surface area contributed by atoms with Gasteiger partial charge in [-0.25, -0.2) is 5.48 Å². The average molecular weight is 432 g/mol. The Morgan fingerprint density at radius 3 is 2.19 bits per heavy atom. The van der Waals surface area contributed by atoms with Gasteiger partial charge in [0, 0.05) is 17.7 Å². The van der Waals surface area contributed by atoms with Crippen LogP contribution in [-0.4, -0.2) is 31.2 Å². The molecule has 0 unspecified atom stereocenters. The molecule has 0 atom stereocenters. The number of carbonyl (C=O) groups is 2. The number of amides is 2. The van der Waals surface area contributed by atoms with Crippen LogP contribution >= 0.6 is 0 Å². The second-order valence-corrected chi connectivity index (χ2v) is 6.86. The van der Waals surface area contributed by atoms with Crippen molar-refractivity contribution in [2.24, 2.45) is 0 Å². The summed E-state index contributed by atoms with van der Waals surface area (Å²) in [5.41, 5.74) is 4.78. The van der Waals surface area contributed by atoms with Gasteiger partial charge in [-0.05, 0) is 47.0 Å². The predicted octanol–water partition coefficient (Wildman–Crippen LogP) is 3.68. The van der Waals surface area contributed by atoms with Gasteiger partial charge in [0.25, 0.3) is 11.8 Å². The summed E-state index contributed by atoms with van der Waals surface area (Å²) in [7, 11) is 3.13. The molecule has 0 aliphatic heterocycles. The van der Waals surface area contributed by atoms with Gasteiger partial charge in [0.1, 0.15) is 0 Å². The number of hydrogen-bond acceptors (Lipinski definition) is 5. The highest BCUT2D eigenvalue weighted by Crippen LogP contribution is 2.29. The number of ether oxygens (including phenoxy) is 2. The van der Waals surface area contributed by atoms with Gasteiger partial charge in [0.2, 0.25) is 0 Å². The fourth-order valence-electron chi connectivity index (χ4n) is 3.12. The van der Waals surface area contributed by atoms with Crippen LogP contribution in [0.2, 0.25) is 0 Å². The van der Waals surface area contributed by atoms with Crippen LogP contribution in [0.1, 0.15) is 27.0 Å². The number of methoxy groups -OCH3 is 2. The molecule has 3 aromatic rings.